The Bertz CT molecular complexity index is 1840. The minimum atomic E-state index is -1.52. The number of hydrogen-bond donors (Lipinski definition) is 0. The largest absolute Gasteiger partial charge is 0.455 e. The number of hydrogen-bond acceptors (Lipinski definition) is 2. The van der Waals surface area contributed by atoms with Crippen LogP contribution in [-0.4, -0.2) is 4.98 Å². The average Bonchev–Trinajstić information content (AvgIpc) is 3.27. The maximum atomic E-state index is 8.51. The monoisotopic (exact) mass is 473 g/mol. The molecule has 6 rings (SSSR count). The Morgan fingerprint density at radius 2 is 1.69 bits per heavy atom. The molecule has 0 aliphatic heterocycles. The van der Waals surface area contributed by atoms with Gasteiger partial charge in [-0.05, 0) is 53.2 Å². The predicted molar refractivity (Wildman–Crippen MR) is 149 cm³/mol. The van der Waals surface area contributed by atoms with Gasteiger partial charge in [-0.3, -0.25) is 4.98 Å². The lowest BCUT2D eigenvalue weighted by molar-refractivity contribution is -0.659. The standard InChI is InChI=1S/C33H31N2O/c1-21-10-15-27-31-26-9-7-6-8-22(26)13-17-29(31)36-32(27)30(21)28-16-12-24(20-35(28)5)23-11-14-25(34-19-23)18-33(2,3)4/h6-17,19-20H,18H2,1-5H3/q+1/i18D2. The van der Waals surface area contributed by atoms with Gasteiger partial charge in [-0.2, -0.15) is 0 Å². The fourth-order valence-electron chi connectivity index (χ4n) is 5.09. The molecule has 3 aromatic heterocycles. The zero-order chi connectivity index (χ0) is 26.8. The first kappa shape index (κ1) is 20.2. The summed E-state index contributed by atoms with van der Waals surface area (Å²) in [6, 6.07) is 25.0. The summed E-state index contributed by atoms with van der Waals surface area (Å²) in [5.74, 6) is 0. The molecule has 0 atom stereocenters. The van der Waals surface area contributed by atoms with Crippen LogP contribution in [0.4, 0.5) is 0 Å². The van der Waals surface area contributed by atoms with Crippen molar-refractivity contribution in [3.05, 3.63) is 96.4 Å². The maximum absolute atomic E-state index is 8.51. The number of nitrogens with zero attached hydrogens (tertiary/aromatic N) is 2. The predicted octanol–water partition coefficient (Wildman–Crippen LogP) is 8.19. The highest BCUT2D eigenvalue weighted by Crippen LogP contribution is 2.40. The molecule has 0 saturated heterocycles. The van der Waals surface area contributed by atoms with E-state index in [-0.39, 0.29) is 0 Å². The van der Waals surface area contributed by atoms with Crippen LogP contribution in [0, 0.1) is 12.3 Å². The third-order valence-electron chi connectivity index (χ3n) is 6.73. The molecule has 3 heterocycles. The second kappa shape index (κ2) is 8.30. The van der Waals surface area contributed by atoms with Crippen molar-refractivity contribution in [2.75, 3.05) is 0 Å². The van der Waals surface area contributed by atoms with E-state index < -0.39 is 11.8 Å². The van der Waals surface area contributed by atoms with E-state index in [0.717, 1.165) is 49.9 Å². The van der Waals surface area contributed by atoms with Gasteiger partial charge in [0.25, 0.3) is 0 Å². The van der Waals surface area contributed by atoms with E-state index in [4.69, 9.17) is 7.16 Å². The van der Waals surface area contributed by atoms with Crippen molar-refractivity contribution >= 4 is 32.7 Å². The second-order valence-corrected chi connectivity index (χ2v) is 10.6. The molecule has 0 radical (unpaired) electrons. The Balaban J connectivity index is 1.45. The first-order valence-electron chi connectivity index (χ1n) is 13.4. The van der Waals surface area contributed by atoms with Gasteiger partial charge in [0.15, 0.2) is 6.20 Å². The van der Waals surface area contributed by atoms with Gasteiger partial charge >= 0.3 is 0 Å². The Kier molecular flexibility index (Phi) is 4.67. The third kappa shape index (κ3) is 3.85. The van der Waals surface area contributed by atoms with Gasteiger partial charge in [0.05, 0.1) is 5.56 Å². The highest BCUT2D eigenvalue weighted by atomic mass is 16.3. The fraction of sp³-hybridized carbons (Fsp3) is 0.212. The highest BCUT2D eigenvalue weighted by molar-refractivity contribution is 6.20. The molecule has 0 unspecified atom stereocenters. The highest BCUT2D eigenvalue weighted by Gasteiger charge is 2.22. The summed E-state index contributed by atoms with van der Waals surface area (Å²) in [6.07, 6.45) is 2.35. The van der Waals surface area contributed by atoms with Crippen LogP contribution in [0.1, 0.15) is 34.8 Å². The number of benzene rings is 3. The van der Waals surface area contributed by atoms with E-state index in [1.54, 1.807) is 12.3 Å². The molecule has 0 amide bonds. The molecule has 6 aromatic rings. The van der Waals surface area contributed by atoms with Gasteiger partial charge in [0, 0.05) is 42.6 Å². The second-order valence-electron chi connectivity index (χ2n) is 10.6. The summed E-state index contributed by atoms with van der Waals surface area (Å²) in [5.41, 5.74) is 6.97. The molecular weight excluding hydrogens is 440 g/mol. The third-order valence-corrected chi connectivity index (χ3v) is 6.73. The Morgan fingerprint density at radius 1 is 0.889 bits per heavy atom. The number of aromatic nitrogens is 2. The summed E-state index contributed by atoms with van der Waals surface area (Å²) in [5, 5.41) is 4.68. The van der Waals surface area contributed by atoms with Gasteiger partial charge in [-0.15, -0.1) is 0 Å². The van der Waals surface area contributed by atoms with E-state index in [9.17, 15) is 0 Å². The molecule has 0 fully saturated rings. The topological polar surface area (TPSA) is 29.9 Å². The molecular formula is C33H31N2O+. The molecule has 0 aliphatic carbocycles. The molecule has 0 aliphatic rings. The van der Waals surface area contributed by atoms with Crippen LogP contribution < -0.4 is 4.57 Å². The number of pyridine rings is 2. The van der Waals surface area contributed by atoms with Crippen LogP contribution >= 0.6 is 0 Å². The maximum Gasteiger partial charge on any atom is 0.216 e. The van der Waals surface area contributed by atoms with Crippen LogP contribution in [-0.2, 0) is 13.4 Å². The molecule has 178 valence electrons. The minimum absolute atomic E-state index is 0.453. The Hall–Kier alpha value is -3.98. The molecule has 3 heteroatoms. The first-order valence-corrected chi connectivity index (χ1v) is 12.4. The number of fused-ring (bicyclic) bond motifs is 5. The smallest absolute Gasteiger partial charge is 0.216 e. The first-order chi connectivity index (χ1) is 18.1. The summed E-state index contributed by atoms with van der Waals surface area (Å²) in [7, 11) is 2.05. The molecule has 0 saturated carbocycles. The minimum Gasteiger partial charge on any atom is -0.455 e. The van der Waals surface area contributed by atoms with E-state index >= 15 is 0 Å². The number of furan rings is 1. The van der Waals surface area contributed by atoms with E-state index in [2.05, 4.69) is 90.4 Å². The summed E-state index contributed by atoms with van der Waals surface area (Å²) in [6.45, 7) is 7.82. The van der Waals surface area contributed by atoms with Gasteiger partial charge in [-0.25, -0.2) is 4.57 Å². The van der Waals surface area contributed by atoms with Crippen molar-refractivity contribution in [2.24, 2.45) is 12.5 Å². The van der Waals surface area contributed by atoms with Crippen LogP contribution in [0.25, 0.3) is 55.1 Å². The van der Waals surface area contributed by atoms with Gasteiger partial charge in [0.1, 0.15) is 18.2 Å². The molecule has 0 spiro atoms. The van der Waals surface area contributed by atoms with Crippen LogP contribution in [0.3, 0.4) is 0 Å². The molecule has 36 heavy (non-hydrogen) atoms. The Morgan fingerprint density at radius 3 is 2.44 bits per heavy atom. The van der Waals surface area contributed by atoms with E-state index in [1.165, 1.54) is 10.8 Å². The molecule has 0 bridgehead atoms. The van der Waals surface area contributed by atoms with E-state index in [1.807, 2.05) is 26.8 Å². The van der Waals surface area contributed by atoms with Crippen molar-refractivity contribution in [2.45, 2.75) is 34.1 Å². The quantitative estimate of drug-likeness (QED) is 0.243. The van der Waals surface area contributed by atoms with Crippen molar-refractivity contribution in [3.63, 3.8) is 0 Å². The van der Waals surface area contributed by atoms with Crippen molar-refractivity contribution in [1.29, 1.82) is 0 Å². The fourth-order valence-corrected chi connectivity index (χ4v) is 5.09. The SMILES string of the molecule is [2H]C([2H])(c1ccc(-c2ccc(-c3c(C)ccc4c3oc3ccc5ccccc5c34)[n+](C)c2)cn1)C(C)(C)C. The van der Waals surface area contributed by atoms with Crippen molar-refractivity contribution in [3.8, 4) is 22.4 Å². The molecule has 3 aromatic carbocycles. The zero-order valence-electron chi connectivity index (χ0n) is 23.4. The average molecular weight is 474 g/mol. The van der Waals surface area contributed by atoms with Gasteiger partial charge < -0.3 is 4.42 Å². The Labute approximate surface area is 214 Å². The lowest BCUT2D eigenvalue weighted by Gasteiger charge is -2.17. The van der Waals surface area contributed by atoms with Crippen LogP contribution in [0.2, 0.25) is 0 Å². The zero-order valence-corrected chi connectivity index (χ0v) is 21.4. The van der Waals surface area contributed by atoms with Crippen LogP contribution in [0.15, 0.2) is 89.6 Å². The lowest BCUT2D eigenvalue weighted by Crippen LogP contribution is -2.31. The van der Waals surface area contributed by atoms with E-state index in [0.29, 0.717) is 5.69 Å². The van der Waals surface area contributed by atoms with Crippen molar-refractivity contribution in [1.82, 2.24) is 4.98 Å². The van der Waals surface area contributed by atoms with Gasteiger partial charge in [0.2, 0.25) is 5.69 Å². The van der Waals surface area contributed by atoms with Gasteiger partial charge in [-0.1, -0.05) is 69.3 Å². The number of aryl methyl sites for hydroxylation is 2. The summed E-state index contributed by atoms with van der Waals surface area (Å²) in [4.78, 5) is 4.51. The summed E-state index contributed by atoms with van der Waals surface area (Å²) < 4.78 is 25.7. The summed E-state index contributed by atoms with van der Waals surface area (Å²) >= 11 is 0. The number of rotatable bonds is 3. The normalized spacial score (nSPS) is 13.4. The van der Waals surface area contributed by atoms with Crippen LogP contribution in [0.5, 0.6) is 0 Å². The molecule has 0 N–H and O–H groups in total. The lowest BCUT2D eigenvalue weighted by atomic mass is 9.90. The van der Waals surface area contributed by atoms with Crippen molar-refractivity contribution < 1.29 is 11.7 Å². The molecule has 3 nitrogen and oxygen atoms in total.